The second kappa shape index (κ2) is 7.20. The molecule has 19 heavy (non-hydrogen) atoms. The number of carbonyl (C=O) groups excluding carboxylic acids is 1. The van der Waals surface area contributed by atoms with Crippen LogP contribution in [-0.4, -0.2) is 36.0 Å². The van der Waals surface area contributed by atoms with Crippen LogP contribution in [0, 0.1) is 5.92 Å². The topological polar surface area (TPSA) is 20.3 Å². The summed E-state index contributed by atoms with van der Waals surface area (Å²) in [5.74, 6) is 1.42. The Morgan fingerprint density at radius 1 is 1.42 bits per heavy atom. The van der Waals surface area contributed by atoms with E-state index in [0.29, 0.717) is 11.8 Å². The summed E-state index contributed by atoms with van der Waals surface area (Å²) in [5, 5.41) is 0. The predicted molar refractivity (Wildman–Crippen MR) is 82.2 cm³/mol. The number of nitrogens with zero attached hydrogens (tertiary/aromatic N) is 1. The Kier molecular flexibility index (Phi) is 5.59. The van der Waals surface area contributed by atoms with E-state index in [1.54, 1.807) is 11.8 Å². The molecule has 1 aromatic carbocycles. The highest BCUT2D eigenvalue weighted by atomic mass is 35.5. The maximum absolute atomic E-state index is 12.4. The molecule has 0 saturated carbocycles. The van der Waals surface area contributed by atoms with Gasteiger partial charge in [-0.1, -0.05) is 0 Å². The molecular formula is C15H20ClNOS. The molecule has 0 N–H and O–H groups in total. The van der Waals surface area contributed by atoms with Crippen LogP contribution in [0.5, 0.6) is 0 Å². The van der Waals surface area contributed by atoms with Gasteiger partial charge in [0.25, 0.3) is 5.91 Å². The van der Waals surface area contributed by atoms with Crippen molar-refractivity contribution in [3.05, 3.63) is 29.8 Å². The third kappa shape index (κ3) is 3.90. The molecule has 2 rings (SSSR count). The lowest BCUT2D eigenvalue weighted by Gasteiger charge is -2.32. The van der Waals surface area contributed by atoms with E-state index >= 15 is 0 Å². The highest BCUT2D eigenvalue weighted by molar-refractivity contribution is 7.98. The Morgan fingerprint density at radius 2 is 2.16 bits per heavy atom. The molecular weight excluding hydrogens is 278 g/mol. The van der Waals surface area contributed by atoms with Gasteiger partial charge in [-0.2, -0.15) is 0 Å². The number of amides is 1. The van der Waals surface area contributed by atoms with Crippen molar-refractivity contribution in [2.24, 2.45) is 5.92 Å². The van der Waals surface area contributed by atoms with E-state index < -0.39 is 0 Å². The van der Waals surface area contributed by atoms with E-state index in [1.165, 1.54) is 11.3 Å². The monoisotopic (exact) mass is 297 g/mol. The summed E-state index contributed by atoms with van der Waals surface area (Å²) in [4.78, 5) is 15.6. The molecule has 0 bridgehead atoms. The summed E-state index contributed by atoms with van der Waals surface area (Å²) in [6.45, 7) is 1.73. The van der Waals surface area contributed by atoms with E-state index in [0.717, 1.165) is 31.5 Å². The standard InChI is InChI=1S/C15H20ClNOS/c1-19-14-6-4-13(5-7-14)15(18)17-10-2-3-12(11-17)8-9-16/h4-7,12H,2-3,8-11H2,1H3. The maximum Gasteiger partial charge on any atom is 0.253 e. The van der Waals surface area contributed by atoms with Gasteiger partial charge in [0, 0.05) is 29.4 Å². The van der Waals surface area contributed by atoms with Gasteiger partial charge in [-0.3, -0.25) is 4.79 Å². The number of alkyl halides is 1. The number of hydrogen-bond donors (Lipinski definition) is 0. The number of rotatable bonds is 4. The predicted octanol–water partition coefficient (Wildman–Crippen LogP) is 3.89. The summed E-state index contributed by atoms with van der Waals surface area (Å²) < 4.78 is 0. The van der Waals surface area contributed by atoms with Crippen LogP contribution in [0.1, 0.15) is 29.6 Å². The van der Waals surface area contributed by atoms with Gasteiger partial charge in [0.2, 0.25) is 0 Å². The largest absolute Gasteiger partial charge is 0.338 e. The molecule has 1 amide bonds. The molecule has 1 saturated heterocycles. The molecule has 1 fully saturated rings. The molecule has 0 radical (unpaired) electrons. The Morgan fingerprint density at radius 3 is 2.79 bits per heavy atom. The fourth-order valence-corrected chi connectivity index (χ4v) is 3.27. The lowest BCUT2D eigenvalue weighted by molar-refractivity contribution is 0.0671. The van der Waals surface area contributed by atoms with Crippen LogP contribution in [0.4, 0.5) is 0 Å². The van der Waals surface area contributed by atoms with Crippen LogP contribution in [-0.2, 0) is 0 Å². The molecule has 0 aromatic heterocycles. The summed E-state index contributed by atoms with van der Waals surface area (Å²) in [6.07, 6.45) is 5.34. The Bertz CT molecular complexity index is 419. The first-order chi connectivity index (χ1) is 9.24. The molecule has 0 spiro atoms. The minimum atomic E-state index is 0.159. The molecule has 104 valence electrons. The van der Waals surface area contributed by atoms with E-state index in [9.17, 15) is 4.79 Å². The maximum atomic E-state index is 12.4. The molecule has 1 atom stereocenters. The van der Waals surface area contributed by atoms with Crippen LogP contribution < -0.4 is 0 Å². The number of likely N-dealkylation sites (tertiary alicyclic amines) is 1. The molecule has 1 aliphatic rings. The SMILES string of the molecule is CSc1ccc(C(=O)N2CCCC(CCCl)C2)cc1. The van der Waals surface area contributed by atoms with Crippen LogP contribution in [0.2, 0.25) is 0 Å². The van der Waals surface area contributed by atoms with Crippen LogP contribution in [0.15, 0.2) is 29.2 Å². The molecule has 1 aliphatic heterocycles. The van der Waals surface area contributed by atoms with Gasteiger partial charge >= 0.3 is 0 Å². The zero-order valence-electron chi connectivity index (χ0n) is 11.3. The molecule has 1 aromatic rings. The first-order valence-corrected chi connectivity index (χ1v) is 8.50. The van der Waals surface area contributed by atoms with Gasteiger partial charge in [0.1, 0.15) is 0 Å². The fraction of sp³-hybridized carbons (Fsp3) is 0.533. The zero-order chi connectivity index (χ0) is 13.7. The van der Waals surface area contributed by atoms with Crippen LogP contribution in [0.25, 0.3) is 0 Å². The van der Waals surface area contributed by atoms with Gasteiger partial charge in [-0.25, -0.2) is 0 Å². The number of piperidine rings is 1. The van der Waals surface area contributed by atoms with Crippen molar-refractivity contribution in [3.8, 4) is 0 Å². The normalized spacial score (nSPS) is 19.5. The highest BCUT2D eigenvalue weighted by Crippen LogP contribution is 2.22. The first kappa shape index (κ1) is 14.7. The molecule has 4 heteroatoms. The lowest BCUT2D eigenvalue weighted by atomic mass is 9.95. The average molecular weight is 298 g/mol. The van der Waals surface area contributed by atoms with Crippen molar-refractivity contribution in [1.29, 1.82) is 0 Å². The van der Waals surface area contributed by atoms with E-state index in [4.69, 9.17) is 11.6 Å². The number of thioether (sulfide) groups is 1. The number of carbonyl (C=O) groups is 1. The minimum absolute atomic E-state index is 0.159. The fourth-order valence-electron chi connectivity index (χ4n) is 2.56. The van der Waals surface area contributed by atoms with Gasteiger partial charge in [-0.05, 0) is 55.7 Å². The van der Waals surface area contributed by atoms with Crippen molar-refractivity contribution in [2.45, 2.75) is 24.2 Å². The average Bonchev–Trinajstić information content (AvgIpc) is 2.47. The summed E-state index contributed by atoms with van der Waals surface area (Å²) in [7, 11) is 0. The molecule has 0 aliphatic carbocycles. The number of hydrogen-bond acceptors (Lipinski definition) is 2. The van der Waals surface area contributed by atoms with Crippen molar-refractivity contribution in [2.75, 3.05) is 25.2 Å². The minimum Gasteiger partial charge on any atom is -0.338 e. The van der Waals surface area contributed by atoms with Crippen molar-refractivity contribution in [3.63, 3.8) is 0 Å². The second-order valence-corrected chi connectivity index (χ2v) is 6.22. The zero-order valence-corrected chi connectivity index (χ0v) is 12.8. The third-order valence-electron chi connectivity index (χ3n) is 3.66. The lowest BCUT2D eigenvalue weighted by Crippen LogP contribution is -2.40. The van der Waals surface area contributed by atoms with Crippen molar-refractivity contribution >= 4 is 29.3 Å². The molecule has 1 unspecified atom stereocenters. The summed E-state index contributed by atoms with van der Waals surface area (Å²) in [5.41, 5.74) is 0.796. The Balaban J connectivity index is 2.01. The van der Waals surface area contributed by atoms with E-state index in [2.05, 4.69) is 0 Å². The van der Waals surface area contributed by atoms with E-state index in [1.807, 2.05) is 35.4 Å². The van der Waals surface area contributed by atoms with Gasteiger partial charge in [0.05, 0.1) is 0 Å². The van der Waals surface area contributed by atoms with Crippen molar-refractivity contribution < 1.29 is 4.79 Å². The van der Waals surface area contributed by atoms with Crippen LogP contribution >= 0.6 is 23.4 Å². The summed E-state index contributed by atoms with van der Waals surface area (Å²) >= 11 is 7.50. The number of halogens is 1. The smallest absolute Gasteiger partial charge is 0.253 e. The van der Waals surface area contributed by atoms with Gasteiger partial charge < -0.3 is 4.90 Å². The van der Waals surface area contributed by atoms with Gasteiger partial charge in [0.15, 0.2) is 0 Å². The molecule has 2 nitrogen and oxygen atoms in total. The molecule has 1 heterocycles. The van der Waals surface area contributed by atoms with E-state index in [-0.39, 0.29) is 5.91 Å². The Labute approximate surface area is 124 Å². The third-order valence-corrected chi connectivity index (χ3v) is 4.62. The quantitative estimate of drug-likeness (QED) is 0.621. The summed E-state index contributed by atoms with van der Waals surface area (Å²) in [6, 6.07) is 7.88. The Hall–Kier alpha value is -0.670. The number of benzene rings is 1. The van der Waals surface area contributed by atoms with Crippen molar-refractivity contribution in [1.82, 2.24) is 4.90 Å². The van der Waals surface area contributed by atoms with Gasteiger partial charge in [-0.15, -0.1) is 23.4 Å². The van der Waals surface area contributed by atoms with Crippen LogP contribution in [0.3, 0.4) is 0 Å². The second-order valence-electron chi connectivity index (χ2n) is 4.97. The first-order valence-electron chi connectivity index (χ1n) is 6.74. The highest BCUT2D eigenvalue weighted by Gasteiger charge is 2.23.